The molecule has 0 amide bonds. The minimum atomic E-state index is -0.534. The van der Waals surface area contributed by atoms with Gasteiger partial charge in [-0.15, -0.1) is 22.7 Å². The van der Waals surface area contributed by atoms with Crippen molar-refractivity contribution >= 4 is 166 Å². The summed E-state index contributed by atoms with van der Waals surface area (Å²) in [5.41, 5.74) is 27.6. The number of rotatable bonds is 8. The summed E-state index contributed by atoms with van der Waals surface area (Å²) in [7, 11) is 0. The summed E-state index contributed by atoms with van der Waals surface area (Å²) in [5.74, 6) is 0. The molecule has 0 N–H and O–H groups in total. The van der Waals surface area contributed by atoms with Crippen LogP contribution in [0.2, 0.25) is 10.0 Å². The highest BCUT2D eigenvalue weighted by Crippen LogP contribution is 2.67. The highest BCUT2D eigenvalue weighted by molar-refractivity contribution is 8.00. The third-order valence-electron chi connectivity index (χ3n) is 23.6. The van der Waals surface area contributed by atoms with Crippen molar-refractivity contribution in [3.8, 4) is 44.5 Å². The summed E-state index contributed by atoms with van der Waals surface area (Å²) in [6, 6.07) is 137. The largest absolute Gasteiger partial charge is 0.455 e. The predicted molar refractivity (Wildman–Crippen MR) is 479 cm³/mol. The normalized spacial score (nSPS) is 13.5. The molecule has 0 unspecified atom stereocenters. The van der Waals surface area contributed by atoms with Gasteiger partial charge in [0, 0.05) is 115 Å². The van der Waals surface area contributed by atoms with E-state index in [2.05, 4.69) is 374 Å². The molecule has 0 saturated carbocycles. The second kappa shape index (κ2) is 26.2. The molecule has 0 atom stereocenters. The molecule has 0 bridgehead atoms. The summed E-state index contributed by atoms with van der Waals surface area (Å²) in [5, 5.41) is 8.77. The van der Waals surface area contributed by atoms with Crippen molar-refractivity contribution in [1.82, 2.24) is 0 Å². The van der Waals surface area contributed by atoms with Crippen molar-refractivity contribution in [1.29, 1.82) is 0 Å². The molecule has 20 aromatic rings. The van der Waals surface area contributed by atoms with Crippen LogP contribution in [0.5, 0.6) is 0 Å². The molecule has 4 aliphatic rings. The molecular weight excluding hydrogens is 1490 g/mol. The molecule has 2 spiro atoms. The molecule has 0 radical (unpaired) electrons. The first-order valence-electron chi connectivity index (χ1n) is 38.1. The number of halogens is 2. The molecule has 2 aliphatic carbocycles. The van der Waals surface area contributed by atoms with Crippen LogP contribution >= 0.6 is 69.4 Å². The molecular formula is C104H62Cl2N2OS4. The highest BCUT2D eigenvalue weighted by Gasteiger charge is 2.53. The molecule has 3 nitrogen and oxygen atoms in total. The maximum absolute atomic E-state index is 6.89. The van der Waals surface area contributed by atoms with Gasteiger partial charge in [-0.3, -0.25) is 0 Å². The van der Waals surface area contributed by atoms with Crippen molar-refractivity contribution in [3.63, 3.8) is 0 Å². The minimum Gasteiger partial charge on any atom is -0.455 e. The maximum atomic E-state index is 6.89. The van der Waals surface area contributed by atoms with Gasteiger partial charge in [0.2, 0.25) is 0 Å². The molecule has 3 aromatic heterocycles. The number of thiophene rings is 2. The first kappa shape index (κ1) is 66.6. The number of nitrogens with zero attached hydrogens (tertiary/aromatic N) is 2. The van der Waals surface area contributed by atoms with Gasteiger partial charge in [0.1, 0.15) is 11.2 Å². The molecule has 532 valence electrons. The number of furan rings is 1. The van der Waals surface area contributed by atoms with Gasteiger partial charge in [-0.2, -0.15) is 0 Å². The van der Waals surface area contributed by atoms with Gasteiger partial charge in [0.15, 0.2) is 0 Å². The summed E-state index contributed by atoms with van der Waals surface area (Å²) < 4.78 is 11.8. The number of anilines is 6. The molecule has 17 aromatic carbocycles. The lowest BCUT2D eigenvalue weighted by atomic mass is 9.67. The number of hydrogen-bond donors (Lipinski definition) is 0. The average Bonchev–Trinajstić information content (AvgIpc) is 1.53. The Kier molecular flexibility index (Phi) is 15.5. The Morgan fingerprint density at radius 3 is 1.47 bits per heavy atom. The first-order chi connectivity index (χ1) is 55.9. The average molecular weight is 1550 g/mol. The predicted octanol–water partition coefficient (Wildman–Crippen LogP) is 31.2. The van der Waals surface area contributed by atoms with E-state index in [4.69, 9.17) is 27.6 Å². The van der Waals surface area contributed by atoms with Crippen LogP contribution < -0.4 is 9.80 Å². The van der Waals surface area contributed by atoms with Crippen molar-refractivity contribution < 1.29 is 4.42 Å². The smallest absolute Gasteiger partial charge is 0.143 e. The van der Waals surface area contributed by atoms with Crippen LogP contribution in [0.15, 0.2) is 400 Å². The molecule has 5 heterocycles. The van der Waals surface area contributed by atoms with Crippen LogP contribution in [-0.4, -0.2) is 0 Å². The second-order valence-electron chi connectivity index (χ2n) is 29.4. The van der Waals surface area contributed by atoms with Crippen LogP contribution in [0, 0.1) is 0 Å². The van der Waals surface area contributed by atoms with Crippen LogP contribution in [0.25, 0.3) is 107 Å². The topological polar surface area (TPSA) is 19.6 Å². The Morgan fingerprint density at radius 1 is 0.265 bits per heavy atom. The zero-order valence-electron chi connectivity index (χ0n) is 60.5. The number of hydrogen-bond acceptors (Lipinski definition) is 7. The summed E-state index contributed by atoms with van der Waals surface area (Å²) in [6.07, 6.45) is 0. The lowest BCUT2D eigenvalue weighted by molar-refractivity contribution is 0.670. The Morgan fingerprint density at radius 2 is 0.779 bits per heavy atom. The standard InChI is InChI=1S/C55H32ClNOS2.C49H30ClNS2/c56-33-25-27-47-51(29-33)59-52-32-35(26-28-48(52)55(47)45-21-8-4-15-37(45)38-16-5-9-22-46(38)55)57(34-13-2-1-3-14-34)36-30-43-40-18-7-11-24-50(40)60-54(43)44(31-36)42-20-12-19-41-39-17-6-10-23-49(39)58-53(41)42;50-32-26-29-45-41(30-32)49(38-21-10-7-18-35(38)36-19-8-11-22-39(36)49)40-23-13-24-43(48(40)53-45)51(33-16-5-2-6-17-33)42-28-27-34(31-14-3-1-4-15-31)47-46(42)37-20-9-12-25-44(37)52-47/h1-32H;1-30H. The lowest BCUT2D eigenvalue weighted by Gasteiger charge is -2.41. The van der Waals surface area contributed by atoms with Gasteiger partial charge in [-0.25, -0.2) is 0 Å². The Balaban J connectivity index is 0.000000135. The van der Waals surface area contributed by atoms with Crippen molar-refractivity contribution in [2.24, 2.45) is 0 Å². The second-order valence-corrected chi connectivity index (χ2v) is 34.5. The van der Waals surface area contributed by atoms with Gasteiger partial charge in [0.25, 0.3) is 0 Å². The van der Waals surface area contributed by atoms with Crippen molar-refractivity contribution in [2.45, 2.75) is 30.4 Å². The van der Waals surface area contributed by atoms with Crippen LogP contribution in [-0.2, 0) is 10.8 Å². The van der Waals surface area contributed by atoms with Gasteiger partial charge in [-0.05, 0) is 187 Å². The quantitative estimate of drug-likeness (QED) is 0.151. The van der Waals surface area contributed by atoms with E-state index >= 15 is 0 Å². The summed E-state index contributed by atoms with van der Waals surface area (Å²) in [4.78, 5) is 9.79. The zero-order valence-corrected chi connectivity index (χ0v) is 65.3. The van der Waals surface area contributed by atoms with E-state index in [9.17, 15) is 0 Å². The fourth-order valence-corrected chi connectivity index (χ4v) is 24.4. The fraction of sp³-hybridized carbons (Fsp3) is 0.0192. The van der Waals surface area contributed by atoms with E-state index in [0.717, 1.165) is 71.5 Å². The molecule has 9 heteroatoms. The van der Waals surface area contributed by atoms with E-state index in [1.807, 2.05) is 58.3 Å². The van der Waals surface area contributed by atoms with Crippen molar-refractivity contribution in [2.75, 3.05) is 9.80 Å². The SMILES string of the molecule is Clc1ccc2c(c1)C1(c3ccccc3-c3ccccc31)c1cccc(N(c3ccccc3)c3ccc(-c4ccccc4)c4sc5ccccc5c34)c1S2.Clc1ccc2c(c1)Sc1cc(N(c3ccccc3)c3cc(-c4cccc5c4oc4ccccc45)c4sc5ccccc5c4c3)ccc1C21c2ccccc2-c2ccccc21. The van der Waals surface area contributed by atoms with E-state index < -0.39 is 10.8 Å². The fourth-order valence-electron chi connectivity index (χ4n) is 19.0. The third-order valence-corrected chi connectivity index (χ3v) is 28.8. The van der Waals surface area contributed by atoms with E-state index in [-0.39, 0.29) is 0 Å². The molecule has 0 fully saturated rings. The Bertz CT molecular complexity index is 7240. The third kappa shape index (κ3) is 10.0. The number of fused-ring (bicyclic) bond motifs is 27. The van der Waals surface area contributed by atoms with Gasteiger partial charge < -0.3 is 14.2 Å². The van der Waals surface area contributed by atoms with E-state index in [1.54, 1.807) is 0 Å². The molecule has 113 heavy (non-hydrogen) atoms. The van der Waals surface area contributed by atoms with E-state index in [1.165, 1.54) is 144 Å². The lowest BCUT2D eigenvalue weighted by Crippen LogP contribution is -2.32. The van der Waals surface area contributed by atoms with Crippen LogP contribution in [0.4, 0.5) is 34.1 Å². The van der Waals surface area contributed by atoms with E-state index in [0.29, 0.717) is 0 Å². The highest BCUT2D eigenvalue weighted by atomic mass is 35.5. The van der Waals surface area contributed by atoms with Crippen LogP contribution in [0.3, 0.4) is 0 Å². The summed E-state index contributed by atoms with van der Waals surface area (Å²) in [6.45, 7) is 0. The molecule has 24 rings (SSSR count). The first-order valence-corrected chi connectivity index (χ1v) is 42.1. The van der Waals surface area contributed by atoms with Gasteiger partial charge in [0.05, 0.1) is 22.2 Å². The summed E-state index contributed by atoms with van der Waals surface area (Å²) >= 11 is 21.1. The minimum absolute atomic E-state index is 0.489. The van der Waals surface area contributed by atoms with Crippen LogP contribution in [0.1, 0.15) is 44.5 Å². The zero-order chi connectivity index (χ0) is 74.6. The number of para-hydroxylation sites is 4. The number of benzene rings is 17. The van der Waals surface area contributed by atoms with Gasteiger partial charge >= 0.3 is 0 Å². The maximum Gasteiger partial charge on any atom is 0.143 e. The Hall–Kier alpha value is -12.1. The van der Waals surface area contributed by atoms with Crippen molar-refractivity contribution in [3.05, 3.63) is 431 Å². The van der Waals surface area contributed by atoms with Gasteiger partial charge in [-0.1, -0.05) is 314 Å². The monoisotopic (exact) mass is 1550 g/mol. The molecule has 0 saturated heterocycles. The Labute approximate surface area is 679 Å². The molecule has 2 aliphatic heterocycles.